The Balaban J connectivity index is -0.0000000720. The molecule has 0 aromatic carbocycles. The molecule has 0 aliphatic rings. The fourth-order valence-electron chi connectivity index (χ4n) is 0. The third-order valence-corrected chi connectivity index (χ3v) is 0. The van der Waals surface area contributed by atoms with Crippen molar-refractivity contribution in [3.05, 3.63) is 0 Å². The molecule has 0 aliphatic carbocycles. The van der Waals surface area contributed by atoms with E-state index in [1.807, 2.05) is 0 Å². The summed E-state index contributed by atoms with van der Waals surface area (Å²) < 4.78 is 0. The third kappa shape index (κ3) is 2800. The predicted octanol–water partition coefficient (Wildman–Crippen LogP) is -1.44. The van der Waals surface area contributed by atoms with Crippen LogP contribution < -0.4 is 11.5 Å². The van der Waals surface area contributed by atoms with Crippen LogP contribution in [0.1, 0.15) is 13.8 Å². The van der Waals surface area contributed by atoms with Gasteiger partial charge in [-0.3, -0.25) is 0 Å². The number of hydrogen-bond acceptors (Lipinski definition) is 4. The van der Waals surface area contributed by atoms with Crippen molar-refractivity contribution in [2.75, 3.05) is 0 Å². The first kappa shape index (κ1) is 16.2. The van der Waals surface area contributed by atoms with Crippen molar-refractivity contribution < 1.29 is 27.0 Å². The molecule has 9 heavy (non-hydrogen) atoms. The van der Waals surface area contributed by atoms with Crippen LogP contribution in [0.3, 0.4) is 0 Å². The molecule has 2 atom stereocenters. The Morgan fingerprint density at radius 3 is 1.00 bits per heavy atom. The molecule has 0 aromatic rings. The molecule has 0 fully saturated rings. The number of rotatable bonds is 0. The maximum Gasteiger partial charge on any atom is 0.0991 e. The first-order valence-electron chi connectivity index (χ1n) is 2.34. The van der Waals surface area contributed by atoms with Gasteiger partial charge in [0.2, 0.25) is 0 Å². The number of aliphatic hydroxyl groups is 2. The fraction of sp³-hybridized carbons (Fsp3) is 1.00. The fourth-order valence-corrected chi connectivity index (χ4v) is 0. The molecule has 0 bridgehead atoms. The van der Waals surface area contributed by atoms with Crippen LogP contribution in [0.5, 0.6) is 0 Å². The minimum Gasteiger partial charge on any atom is -0.379 e. The molecule has 2 unspecified atom stereocenters. The van der Waals surface area contributed by atoms with E-state index in [2.05, 4.69) is 11.5 Å². The molecule has 0 heterocycles. The Hall–Kier alpha value is 0.346. The van der Waals surface area contributed by atoms with Crippen LogP contribution in [-0.2, 0) is 16.8 Å². The topological polar surface area (TPSA) is 92.5 Å². The minimum atomic E-state index is -0.667. The smallest absolute Gasteiger partial charge is 0.0991 e. The maximum absolute atomic E-state index is 7.83. The van der Waals surface area contributed by atoms with Gasteiger partial charge in [0, 0.05) is 16.8 Å². The summed E-state index contributed by atoms with van der Waals surface area (Å²) in [5.74, 6) is 0. The predicted molar refractivity (Wildman–Crippen MR) is 31.7 cm³/mol. The van der Waals surface area contributed by atoms with Crippen LogP contribution >= 0.6 is 0 Å². The Morgan fingerprint density at radius 2 is 1.00 bits per heavy atom. The largest absolute Gasteiger partial charge is 0.379 e. The van der Waals surface area contributed by atoms with Gasteiger partial charge in [-0.1, -0.05) is 0 Å². The molecule has 0 aromatic heterocycles. The molecule has 0 saturated heterocycles. The Labute approximate surface area is 65.4 Å². The Morgan fingerprint density at radius 1 is 1.00 bits per heavy atom. The summed E-state index contributed by atoms with van der Waals surface area (Å²) in [6.07, 6.45) is -1.33. The summed E-state index contributed by atoms with van der Waals surface area (Å²) in [6, 6.07) is 0. The van der Waals surface area contributed by atoms with Gasteiger partial charge >= 0.3 is 0 Å². The molecule has 0 aliphatic heterocycles. The first-order chi connectivity index (χ1) is 3.46. The molecule has 1 radical (unpaired) electrons. The minimum absolute atomic E-state index is 0. The van der Waals surface area contributed by atoms with E-state index in [9.17, 15) is 0 Å². The van der Waals surface area contributed by atoms with E-state index in [1.54, 1.807) is 0 Å². The molecular weight excluding hydrogens is 167 g/mol. The normalized spacial score (nSPS) is 14.0. The molecule has 0 amide bonds. The van der Waals surface area contributed by atoms with E-state index < -0.39 is 12.5 Å². The molecule has 0 spiro atoms. The van der Waals surface area contributed by atoms with Gasteiger partial charge in [0.15, 0.2) is 0 Å². The monoisotopic (exact) mass is 181 g/mol. The van der Waals surface area contributed by atoms with Gasteiger partial charge in [-0.05, 0) is 13.8 Å². The second kappa shape index (κ2) is 11.2. The second-order valence-corrected chi connectivity index (χ2v) is 1.48. The van der Waals surface area contributed by atoms with E-state index >= 15 is 0 Å². The Bertz CT molecular complexity index is 32.0. The van der Waals surface area contributed by atoms with Crippen molar-refractivity contribution in [3.63, 3.8) is 0 Å². The van der Waals surface area contributed by atoms with Crippen LogP contribution in [0.25, 0.3) is 0 Å². The average molecular weight is 181 g/mol. The van der Waals surface area contributed by atoms with Crippen molar-refractivity contribution >= 4 is 0 Å². The van der Waals surface area contributed by atoms with E-state index in [0.29, 0.717) is 0 Å². The van der Waals surface area contributed by atoms with Crippen LogP contribution in [0, 0.1) is 0 Å². The van der Waals surface area contributed by atoms with Crippen LogP contribution in [0.15, 0.2) is 0 Å². The molecule has 61 valence electrons. The SMILES string of the molecule is CC(N)O.CC(N)O.[Co]. The number of nitrogens with two attached hydrogens (primary N) is 2. The molecular formula is C4H14CoN2O2. The standard InChI is InChI=1S/2C2H7NO.Co/c2*1-2(3)4;/h2*2,4H,3H2,1H3;. The molecule has 6 N–H and O–H groups in total. The van der Waals surface area contributed by atoms with Gasteiger partial charge in [-0.25, -0.2) is 0 Å². The quantitative estimate of drug-likeness (QED) is 0.344. The van der Waals surface area contributed by atoms with Crippen molar-refractivity contribution in [2.45, 2.75) is 26.3 Å². The average Bonchev–Trinajstić information content (AvgIpc) is 1.25. The molecule has 5 heteroatoms. The van der Waals surface area contributed by atoms with Crippen molar-refractivity contribution in [2.24, 2.45) is 11.5 Å². The number of aliphatic hydroxyl groups excluding tert-OH is 2. The zero-order chi connectivity index (χ0) is 7.15. The third-order valence-electron chi connectivity index (χ3n) is 0. The molecule has 0 saturated carbocycles. The summed E-state index contributed by atoms with van der Waals surface area (Å²) in [5, 5.41) is 15.7. The van der Waals surface area contributed by atoms with Gasteiger partial charge in [0.25, 0.3) is 0 Å². The zero-order valence-corrected chi connectivity index (χ0v) is 6.58. The van der Waals surface area contributed by atoms with E-state index in [1.165, 1.54) is 13.8 Å². The van der Waals surface area contributed by atoms with Crippen molar-refractivity contribution in [3.8, 4) is 0 Å². The van der Waals surface area contributed by atoms with Gasteiger partial charge < -0.3 is 21.7 Å². The summed E-state index contributed by atoms with van der Waals surface area (Å²) in [6.45, 7) is 3.00. The Kier molecular flexibility index (Phi) is 20.1. The van der Waals surface area contributed by atoms with Gasteiger partial charge in [0.05, 0.1) is 12.5 Å². The van der Waals surface area contributed by atoms with E-state index in [4.69, 9.17) is 10.2 Å². The molecule has 4 nitrogen and oxygen atoms in total. The van der Waals surface area contributed by atoms with Crippen LogP contribution in [0.2, 0.25) is 0 Å². The van der Waals surface area contributed by atoms with Gasteiger partial charge in [-0.15, -0.1) is 0 Å². The summed E-state index contributed by atoms with van der Waals surface area (Å²) in [7, 11) is 0. The molecule has 0 rings (SSSR count). The summed E-state index contributed by atoms with van der Waals surface area (Å²) in [5.41, 5.74) is 9.33. The second-order valence-electron chi connectivity index (χ2n) is 1.48. The first-order valence-corrected chi connectivity index (χ1v) is 2.34. The van der Waals surface area contributed by atoms with E-state index in [0.717, 1.165) is 0 Å². The number of hydrogen-bond donors (Lipinski definition) is 4. The van der Waals surface area contributed by atoms with Crippen molar-refractivity contribution in [1.82, 2.24) is 0 Å². The maximum atomic E-state index is 7.83. The van der Waals surface area contributed by atoms with Crippen molar-refractivity contribution in [1.29, 1.82) is 0 Å². The van der Waals surface area contributed by atoms with Crippen LogP contribution in [0.4, 0.5) is 0 Å². The summed E-state index contributed by atoms with van der Waals surface area (Å²) in [4.78, 5) is 0. The zero-order valence-electron chi connectivity index (χ0n) is 5.54. The van der Waals surface area contributed by atoms with Gasteiger partial charge in [0.1, 0.15) is 0 Å². The summed E-state index contributed by atoms with van der Waals surface area (Å²) >= 11 is 0. The van der Waals surface area contributed by atoms with Crippen LogP contribution in [-0.4, -0.2) is 22.7 Å². The van der Waals surface area contributed by atoms with E-state index in [-0.39, 0.29) is 16.8 Å². The van der Waals surface area contributed by atoms with Gasteiger partial charge in [-0.2, -0.15) is 0 Å².